The molecule has 0 aromatic rings. The first-order valence-corrected chi connectivity index (χ1v) is 7.37. The van der Waals surface area contributed by atoms with Crippen LogP contribution in [0.1, 0.15) is 33.1 Å². The molecule has 1 aliphatic heterocycles. The SMILES string of the molecule is C=C(C)CN(CC)C(=O)CN(C)C1CCCNCC1. The molecule has 4 heteroatoms. The Kier molecular flexibility index (Phi) is 7.10. The molecule has 0 saturated carbocycles. The van der Waals surface area contributed by atoms with Crippen LogP contribution >= 0.6 is 0 Å². The fourth-order valence-corrected chi connectivity index (χ4v) is 2.59. The molecule has 1 saturated heterocycles. The lowest BCUT2D eigenvalue weighted by Crippen LogP contribution is -2.43. The van der Waals surface area contributed by atoms with Crippen molar-refractivity contribution < 1.29 is 4.79 Å². The number of likely N-dealkylation sites (N-methyl/N-ethyl adjacent to an activating group) is 2. The molecule has 0 spiro atoms. The van der Waals surface area contributed by atoms with Gasteiger partial charge in [0.2, 0.25) is 5.91 Å². The Labute approximate surface area is 117 Å². The van der Waals surface area contributed by atoms with Crippen molar-refractivity contribution in [3.8, 4) is 0 Å². The van der Waals surface area contributed by atoms with Gasteiger partial charge in [0.1, 0.15) is 0 Å². The predicted octanol–water partition coefficient (Wildman–Crippen LogP) is 1.48. The molecule has 1 atom stereocenters. The Morgan fingerprint density at radius 2 is 2.05 bits per heavy atom. The van der Waals surface area contributed by atoms with E-state index in [1.807, 2.05) is 18.7 Å². The average Bonchev–Trinajstić information content (AvgIpc) is 2.64. The third kappa shape index (κ3) is 5.74. The molecule has 19 heavy (non-hydrogen) atoms. The van der Waals surface area contributed by atoms with E-state index in [2.05, 4.69) is 23.8 Å². The smallest absolute Gasteiger partial charge is 0.237 e. The summed E-state index contributed by atoms with van der Waals surface area (Å²) >= 11 is 0. The molecular formula is C15H29N3O. The van der Waals surface area contributed by atoms with Gasteiger partial charge >= 0.3 is 0 Å². The molecule has 1 heterocycles. The van der Waals surface area contributed by atoms with Crippen LogP contribution in [0.4, 0.5) is 0 Å². The molecule has 110 valence electrons. The van der Waals surface area contributed by atoms with Crippen molar-refractivity contribution in [2.24, 2.45) is 0 Å². The zero-order valence-corrected chi connectivity index (χ0v) is 12.7. The molecule has 0 aromatic carbocycles. The van der Waals surface area contributed by atoms with Crippen LogP contribution in [0, 0.1) is 0 Å². The third-order valence-electron chi connectivity index (χ3n) is 3.75. The summed E-state index contributed by atoms with van der Waals surface area (Å²) < 4.78 is 0. The summed E-state index contributed by atoms with van der Waals surface area (Å²) in [6, 6.07) is 0.530. The lowest BCUT2D eigenvalue weighted by molar-refractivity contribution is -0.132. The van der Waals surface area contributed by atoms with Gasteiger partial charge in [-0.15, -0.1) is 0 Å². The fourth-order valence-electron chi connectivity index (χ4n) is 2.59. The summed E-state index contributed by atoms with van der Waals surface area (Å²) in [6.07, 6.45) is 3.52. The van der Waals surface area contributed by atoms with Gasteiger partial charge in [-0.2, -0.15) is 0 Å². The van der Waals surface area contributed by atoms with Gasteiger partial charge < -0.3 is 10.2 Å². The van der Waals surface area contributed by atoms with Gasteiger partial charge in [0, 0.05) is 19.1 Å². The highest BCUT2D eigenvalue weighted by Gasteiger charge is 2.21. The number of nitrogens with zero attached hydrogens (tertiary/aromatic N) is 2. The van der Waals surface area contributed by atoms with Crippen LogP contribution in [0.25, 0.3) is 0 Å². The second kappa shape index (κ2) is 8.33. The third-order valence-corrected chi connectivity index (χ3v) is 3.75. The van der Waals surface area contributed by atoms with Gasteiger partial charge in [-0.1, -0.05) is 12.2 Å². The van der Waals surface area contributed by atoms with E-state index in [9.17, 15) is 4.79 Å². The minimum atomic E-state index is 0.213. The van der Waals surface area contributed by atoms with E-state index in [1.165, 1.54) is 12.8 Å². The normalized spacial score (nSPS) is 20.1. The van der Waals surface area contributed by atoms with Gasteiger partial charge in [0.15, 0.2) is 0 Å². The standard InChI is InChI=1S/C15H29N3O/c1-5-18(11-13(2)3)15(19)12-17(4)14-7-6-9-16-10-8-14/h14,16H,2,5-12H2,1,3-4H3. The van der Waals surface area contributed by atoms with Crippen LogP contribution in [0.2, 0.25) is 0 Å². The average molecular weight is 267 g/mol. The second-order valence-corrected chi connectivity index (χ2v) is 5.61. The highest BCUT2D eigenvalue weighted by molar-refractivity contribution is 5.78. The largest absolute Gasteiger partial charge is 0.338 e. The number of rotatable bonds is 6. The van der Waals surface area contributed by atoms with Crippen LogP contribution < -0.4 is 5.32 Å². The maximum atomic E-state index is 12.3. The van der Waals surface area contributed by atoms with E-state index < -0.39 is 0 Å². The summed E-state index contributed by atoms with van der Waals surface area (Å²) in [5, 5.41) is 3.41. The minimum absolute atomic E-state index is 0.213. The van der Waals surface area contributed by atoms with E-state index >= 15 is 0 Å². The van der Waals surface area contributed by atoms with Crippen LogP contribution in [-0.2, 0) is 4.79 Å². The molecule has 1 fully saturated rings. The van der Waals surface area contributed by atoms with Crippen LogP contribution in [-0.4, -0.2) is 61.5 Å². The summed E-state index contributed by atoms with van der Waals surface area (Å²) in [4.78, 5) is 16.4. The van der Waals surface area contributed by atoms with Crippen LogP contribution in [0.3, 0.4) is 0 Å². The molecule has 1 N–H and O–H groups in total. The molecule has 0 radical (unpaired) electrons. The Balaban J connectivity index is 2.46. The maximum Gasteiger partial charge on any atom is 0.237 e. The number of hydrogen-bond acceptors (Lipinski definition) is 3. The number of nitrogens with one attached hydrogen (secondary N) is 1. The van der Waals surface area contributed by atoms with E-state index in [1.54, 1.807) is 0 Å². The second-order valence-electron chi connectivity index (χ2n) is 5.61. The summed E-state index contributed by atoms with van der Waals surface area (Å²) in [5.41, 5.74) is 1.04. The first-order chi connectivity index (χ1) is 9.04. The van der Waals surface area contributed by atoms with Gasteiger partial charge in [-0.05, 0) is 53.2 Å². The van der Waals surface area contributed by atoms with Gasteiger partial charge in [-0.25, -0.2) is 0 Å². The van der Waals surface area contributed by atoms with Crippen molar-refractivity contribution in [3.05, 3.63) is 12.2 Å². The fraction of sp³-hybridized carbons (Fsp3) is 0.800. The summed E-state index contributed by atoms with van der Waals surface area (Å²) in [7, 11) is 2.07. The first kappa shape index (κ1) is 16.2. The van der Waals surface area contributed by atoms with Crippen molar-refractivity contribution in [2.45, 2.75) is 39.2 Å². The van der Waals surface area contributed by atoms with Crippen molar-refractivity contribution in [2.75, 3.05) is 39.8 Å². The van der Waals surface area contributed by atoms with Crippen LogP contribution in [0.15, 0.2) is 12.2 Å². The lowest BCUT2D eigenvalue weighted by atomic mass is 10.1. The quantitative estimate of drug-likeness (QED) is 0.741. The zero-order chi connectivity index (χ0) is 14.3. The predicted molar refractivity (Wildman–Crippen MR) is 80.2 cm³/mol. The molecule has 0 bridgehead atoms. The molecule has 1 amide bonds. The maximum absolute atomic E-state index is 12.3. The Morgan fingerprint density at radius 3 is 2.68 bits per heavy atom. The van der Waals surface area contributed by atoms with Gasteiger partial charge in [0.05, 0.1) is 6.54 Å². The Bertz CT molecular complexity index is 296. The molecule has 1 aliphatic rings. The summed E-state index contributed by atoms with van der Waals surface area (Å²) in [6.45, 7) is 12.0. The molecule has 0 aliphatic carbocycles. The van der Waals surface area contributed by atoms with Gasteiger partial charge in [-0.3, -0.25) is 9.69 Å². The number of carbonyl (C=O) groups excluding carboxylic acids is 1. The highest BCUT2D eigenvalue weighted by atomic mass is 16.2. The van der Waals surface area contributed by atoms with E-state index in [4.69, 9.17) is 0 Å². The number of hydrogen-bond donors (Lipinski definition) is 1. The number of carbonyl (C=O) groups is 1. The highest BCUT2D eigenvalue weighted by Crippen LogP contribution is 2.12. The van der Waals surface area contributed by atoms with E-state index in [0.29, 0.717) is 19.1 Å². The first-order valence-electron chi connectivity index (χ1n) is 7.37. The van der Waals surface area contributed by atoms with Gasteiger partial charge in [0.25, 0.3) is 0 Å². The van der Waals surface area contributed by atoms with E-state index in [0.717, 1.165) is 31.6 Å². The molecule has 0 aromatic heterocycles. The van der Waals surface area contributed by atoms with Crippen molar-refractivity contribution in [1.29, 1.82) is 0 Å². The van der Waals surface area contributed by atoms with Crippen LogP contribution in [0.5, 0.6) is 0 Å². The Hall–Kier alpha value is -0.870. The molecule has 1 unspecified atom stereocenters. The van der Waals surface area contributed by atoms with Crippen molar-refractivity contribution in [1.82, 2.24) is 15.1 Å². The molecule has 1 rings (SSSR count). The molecular weight excluding hydrogens is 238 g/mol. The molecule has 4 nitrogen and oxygen atoms in total. The summed E-state index contributed by atoms with van der Waals surface area (Å²) in [5.74, 6) is 0.213. The lowest BCUT2D eigenvalue weighted by Gasteiger charge is -2.29. The number of amides is 1. The minimum Gasteiger partial charge on any atom is -0.338 e. The topological polar surface area (TPSA) is 35.6 Å². The van der Waals surface area contributed by atoms with E-state index in [-0.39, 0.29) is 5.91 Å². The Morgan fingerprint density at radius 1 is 1.32 bits per heavy atom. The zero-order valence-electron chi connectivity index (χ0n) is 12.7. The van der Waals surface area contributed by atoms with Crippen molar-refractivity contribution in [3.63, 3.8) is 0 Å². The van der Waals surface area contributed by atoms with Crippen molar-refractivity contribution >= 4 is 5.91 Å². The monoisotopic (exact) mass is 267 g/mol.